The summed E-state index contributed by atoms with van der Waals surface area (Å²) in [6.45, 7) is 2.28. The van der Waals surface area contributed by atoms with E-state index in [1.54, 1.807) is 0 Å². The van der Waals surface area contributed by atoms with E-state index < -0.39 is 0 Å². The molecule has 0 aromatic rings. The Hall–Kier alpha value is -0.560. The molecule has 0 saturated carbocycles. The minimum absolute atomic E-state index is 0.427. The number of allylic oxidation sites excluding steroid dienone is 2. The molecule has 1 nitrogen and oxygen atoms in total. The lowest BCUT2D eigenvalue weighted by Gasteiger charge is -2.05. The van der Waals surface area contributed by atoms with Gasteiger partial charge in [-0.25, -0.2) is 0 Å². The third kappa shape index (κ3) is 5.95. The molecule has 2 aliphatic rings. The van der Waals surface area contributed by atoms with Crippen molar-refractivity contribution in [1.29, 1.82) is 0 Å². The van der Waals surface area contributed by atoms with Crippen LogP contribution >= 0.6 is 0 Å². The molecule has 2 unspecified atom stereocenters. The second kappa shape index (κ2) is 8.58. The second-order valence-electron chi connectivity index (χ2n) is 6.10. The van der Waals surface area contributed by atoms with Crippen LogP contribution in [0.3, 0.4) is 0 Å². The van der Waals surface area contributed by atoms with Crippen molar-refractivity contribution in [3.63, 3.8) is 0 Å². The topological polar surface area (TPSA) is 12.5 Å². The fourth-order valence-electron chi connectivity index (χ4n) is 2.89. The van der Waals surface area contributed by atoms with Crippen LogP contribution in [0.2, 0.25) is 0 Å². The lowest BCUT2D eigenvalue weighted by atomic mass is 10.00. The van der Waals surface area contributed by atoms with Crippen molar-refractivity contribution in [3.05, 3.63) is 23.8 Å². The first-order valence-electron chi connectivity index (χ1n) is 8.44. The average molecular weight is 262 g/mol. The molecule has 1 aliphatic carbocycles. The third-order valence-corrected chi connectivity index (χ3v) is 4.26. The van der Waals surface area contributed by atoms with Gasteiger partial charge in [-0.2, -0.15) is 0 Å². The number of hydrogen-bond donors (Lipinski definition) is 0. The van der Waals surface area contributed by atoms with E-state index in [2.05, 4.69) is 25.2 Å². The first-order valence-corrected chi connectivity index (χ1v) is 8.44. The van der Waals surface area contributed by atoms with E-state index in [0.29, 0.717) is 12.2 Å². The van der Waals surface area contributed by atoms with Crippen LogP contribution in [0.4, 0.5) is 0 Å². The first kappa shape index (κ1) is 14.8. The molecule has 1 saturated heterocycles. The Morgan fingerprint density at radius 2 is 1.47 bits per heavy atom. The van der Waals surface area contributed by atoms with Crippen LogP contribution in [-0.4, -0.2) is 12.2 Å². The van der Waals surface area contributed by atoms with Crippen LogP contribution in [0.25, 0.3) is 0 Å². The highest BCUT2D eigenvalue weighted by Gasteiger charge is 2.36. The van der Waals surface area contributed by atoms with E-state index in [1.807, 2.05) is 0 Å². The van der Waals surface area contributed by atoms with Crippen molar-refractivity contribution in [1.82, 2.24) is 0 Å². The van der Waals surface area contributed by atoms with E-state index in [9.17, 15) is 0 Å². The van der Waals surface area contributed by atoms with Gasteiger partial charge in [-0.05, 0) is 24.5 Å². The predicted octanol–water partition coefficient (Wildman–Crippen LogP) is 5.56. The molecular weight excluding hydrogens is 232 g/mol. The maximum Gasteiger partial charge on any atom is 0.107 e. The van der Waals surface area contributed by atoms with Crippen molar-refractivity contribution in [2.24, 2.45) is 0 Å². The lowest BCUT2D eigenvalue weighted by Crippen LogP contribution is -1.94. The van der Waals surface area contributed by atoms with Gasteiger partial charge in [0.25, 0.3) is 0 Å². The molecule has 0 amide bonds. The third-order valence-electron chi connectivity index (χ3n) is 4.26. The number of fused-ring (bicyclic) bond motifs is 1. The van der Waals surface area contributed by atoms with Crippen LogP contribution in [0.1, 0.15) is 77.6 Å². The van der Waals surface area contributed by atoms with Crippen molar-refractivity contribution in [3.8, 4) is 0 Å². The molecule has 1 heterocycles. The fourth-order valence-corrected chi connectivity index (χ4v) is 2.89. The molecule has 0 aromatic heterocycles. The van der Waals surface area contributed by atoms with Gasteiger partial charge < -0.3 is 4.74 Å². The smallest absolute Gasteiger partial charge is 0.107 e. The molecule has 2 atom stereocenters. The number of epoxide rings is 1. The Bertz CT molecular complexity index is 303. The molecule has 0 aromatic carbocycles. The van der Waals surface area contributed by atoms with Crippen molar-refractivity contribution >= 4 is 0 Å². The minimum Gasteiger partial charge on any atom is -0.361 e. The zero-order valence-electron chi connectivity index (χ0n) is 12.6. The van der Waals surface area contributed by atoms with E-state index in [-0.39, 0.29) is 0 Å². The molecule has 0 spiro atoms. The van der Waals surface area contributed by atoms with Gasteiger partial charge in [0.1, 0.15) is 12.2 Å². The highest BCUT2D eigenvalue weighted by molar-refractivity contribution is 5.31. The van der Waals surface area contributed by atoms with Crippen molar-refractivity contribution in [2.75, 3.05) is 0 Å². The van der Waals surface area contributed by atoms with Crippen LogP contribution in [0, 0.1) is 0 Å². The molecule has 19 heavy (non-hydrogen) atoms. The quantitative estimate of drug-likeness (QED) is 0.351. The maximum absolute atomic E-state index is 5.44. The first-order chi connectivity index (χ1) is 9.40. The standard InChI is InChI=1S/C18H30O/c1-2-3-4-5-6-7-8-9-10-11-12-16-13-14-17-18(15-16)19-17/h13-15,17-18H,2-12H2,1H3. The molecule has 1 heteroatoms. The summed E-state index contributed by atoms with van der Waals surface area (Å²) >= 11 is 0. The van der Waals surface area contributed by atoms with Gasteiger partial charge in [0.05, 0.1) is 0 Å². The average Bonchev–Trinajstić information content (AvgIpc) is 3.19. The summed E-state index contributed by atoms with van der Waals surface area (Å²) in [6.07, 6.45) is 23.1. The number of rotatable bonds is 11. The largest absolute Gasteiger partial charge is 0.361 e. The Balaban J connectivity index is 1.36. The van der Waals surface area contributed by atoms with E-state index in [0.717, 1.165) is 0 Å². The summed E-state index contributed by atoms with van der Waals surface area (Å²) < 4.78 is 5.44. The van der Waals surface area contributed by atoms with Crippen LogP contribution < -0.4 is 0 Å². The zero-order chi connectivity index (χ0) is 13.3. The summed E-state index contributed by atoms with van der Waals surface area (Å²) in [5.41, 5.74) is 1.50. The van der Waals surface area contributed by atoms with Gasteiger partial charge in [0.2, 0.25) is 0 Å². The fraction of sp³-hybridized carbons (Fsp3) is 0.778. The van der Waals surface area contributed by atoms with Crippen molar-refractivity contribution < 1.29 is 4.74 Å². The van der Waals surface area contributed by atoms with Gasteiger partial charge in [0.15, 0.2) is 0 Å². The van der Waals surface area contributed by atoms with Gasteiger partial charge in [0, 0.05) is 0 Å². The Morgan fingerprint density at radius 1 is 0.842 bits per heavy atom. The SMILES string of the molecule is CCCCCCCCCCCCC1=CC2OC2C=C1. The van der Waals surface area contributed by atoms with Crippen molar-refractivity contribution in [2.45, 2.75) is 89.8 Å². The molecule has 1 fully saturated rings. The number of unbranched alkanes of at least 4 members (excludes halogenated alkanes) is 9. The Labute approximate surface area is 119 Å². The number of hydrogen-bond acceptors (Lipinski definition) is 1. The second-order valence-corrected chi connectivity index (χ2v) is 6.10. The summed E-state index contributed by atoms with van der Waals surface area (Å²) in [7, 11) is 0. The Morgan fingerprint density at radius 3 is 2.11 bits per heavy atom. The van der Waals surface area contributed by atoms with Gasteiger partial charge in [-0.1, -0.05) is 76.9 Å². The lowest BCUT2D eigenvalue weighted by molar-refractivity contribution is 0.414. The molecular formula is C18H30O. The van der Waals surface area contributed by atoms with Crippen LogP contribution in [0.15, 0.2) is 23.8 Å². The van der Waals surface area contributed by atoms with Gasteiger partial charge >= 0.3 is 0 Å². The van der Waals surface area contributed by atoms with E-state index >= 15 is 0 Å². The van der Waals surface area contributed by atoms with Gasteiger partial charge in [-0.3, -0.25) is 0 Å². The highest BCUT2D eigenvalue weighted by atomic mass is 16.6. The molecule has 1 aliphatic heterocycles. The van der Waals surface area contributed by atoms with Gasteiger partial charge in [-0.15, -0.1) is 0 Å². The summed E-state index contributed by atoms with van der Waals surface area (Å²) in [5, 5.41) is 0. The predicted molar refractivity (Wildman–Crippen MR) is 82.3 cm³/mol. The molecule has 0 radical (unpaired) electrons. The molecule has 0 bridgehead atoms. The zero-order valence-corrected chi connectivity index (χ0v) is 12.6. The monoisotopic (exact) mass is 262 g/mol. The molecule has 2 rings (SSSR count). The highest BCUT2D eigenvalue weighted by Crippen LogP contribution is 2.31. The molecule has 0 N–H and O–H groups in total. The van der Waals surface area contributed by atoms with E-state index in [1.165, 1.54) is 76.2 Å². The normalized spacial score (nSPS) is 24.2. The number of ether oxygens (including phenoxy) is 1. The Kier molecular flexibility index (Phi) is 6.70. The van der Waals surface area contributed by atoms with Crippen LogP contribution in [-0.2, 0) is 4.74 Å². The van der Waals surface area contributed by atoms with Crippen LogP contribution in [0.5, 0.6) is 0 Å². The molecule has 108 valence electrons. The maximum atomic E-state index is 5.44. The summed E-state index contributed by atoms with van der Waals surface area (Å²) in [6, 6.07) is 0. The minimum atomic E-state index is 0.427. The summed E-state index contributed by atoms with van der Waals surface area (Å²) in [4.78, 5) is 0. The van der Waals surface area contributed by atoms with E-state index in [4.69, 9.17) is 4.74 Å². The summed E-state index contributed by atoms with van der Waals surface area (Å²) in [5.74, 6) is 0.